The van der Waals surface area contributed by atoms with E-state index in [0.29, 0.717) is 13.1 Å². The number of benzene rings is 1. The standard InChI is InChI=1S/C16H19N3O3S2/c17-16(20)15-9-14(11-23-15)24(21,22)18-6-8-19-7-5-12-3-1-2-4-13(12)10-19/h1-4,9,11,18H,5-8,10H2,(H2,17,20). The molecule has 2 heterocycles. The number of nitrogens with zero attached hydrogens (tertiary/aromatic N) is 1. The van der Waals surface area contributed by atoms with Gasteiger partial charge in [0.15, 0.2) is 0 Å². The minimum absolute atomic E-state index is 0.0882. The van der Waals surface area contributed by atoms with Gasteiger partial charge in [-0.3, -0.25) is 9.69 Å². The van der Waals surface area contributed by atoms with Crippen molar-refractivity contribution in [3.05, 3.63) is 51.7 Å². The minimum atomic E-state index is -3.61. The Morgan fingerprint density at radius 2 is 2.04 bits per heavy atom. The molecular formula is C16H19N3O3S2. The summed E-state index contributed by atoms with van der Waals surface area (Å²) in [5, 5.41) is 1.43. The van der Waals surface area contributed by atoms with Gasteiger partial charge >= 0.3 is 0 Å². The molecule has 1 aromatic heterocycles. The Kier molecular flexibility index (Phi) is 5.00. The Hall–Kier alpha value is -1.74. The number of primary amides is 1. The number of nitrogens with two attached hydrogens (primary N) is 1. The monoisotopic (exact) mass is 365 g/mol. The van der Waals surface area contributed by atoms with E-state index in [1.165, 1.54) is 22.6 Å². The number of fused-ring (bicyclic) bond motifs is 1. The van der Waals surface area contributed by atoms with Gasteiger partial charge in [-0.25, -0.2) is 13.1 Å². The average Bonchev–Trinajstić information content (AvgIpc) is 3.06. The molecule has 2 aromatic rings. The highest BCUT2D eigenvalue weighted by molar-refractivity contribution is 7.89. The van der Waals surface area contributed by atoms with Crippen molar-refractivity contribution in [2.45, 2.75) is 17.9 Å². The third-order valence-electron chi connectivity index (χ3n) is 4.06. The summed E-state index contributed by atoms with van der Waals surface area (Å²) < 4.78 is 27.1. The Balaban J connectivity index is 1.55. The van der Waals surface area contributed by atoms with Crippen LogP contribution in [0.4, 0.5) is 0 Å². The van der Waals surface area contributed by atoms with Crippen LogP contribution in [-0.4, -0.2) is 38.9 Å². The fourth-order valence-corrected chi connectivity index (χ4v) is 4.90. The summed E-state index contributed by atoms with van der Waals surface area (Å²) in [7, 11) is -3.61. The average molecular weight is 365 g/mol. The molecule has 0 spiro atoms. The van der Waals surface area contributed by atoms with Crippen molar-refractivity contribution in [3.8, 4) is 0 Å². The van der Waals surface area contributed by atoms with Gasteiger partial charge in [-0.15, -0.1) is 11.3 Å². The molecule has 128 valence electrons. The van der Waals surface area contributed by atoms with E-state index in [-0.39, 0.29) is 9.77 Å². The highest BCUT2D eigenvalue weighted by atomic mass is 32.2. The molecule has 3 N–H and O–H groups in total. The normalized spacial score (nSPS) is 15.2. The van der Waals surface area contributed by atoms with E-state index in [1.54, 1.807) is 0 Å². The molecule has 1 aliphatic heterocycles. The summed E-state index contributed by atoms with van der Waals surface area (Å²) in [6.45, 7) is 2.72. The van der Waals surface area contributed by atoms with Gasteiger partial charge in [0.05, 0.1) is 9.77 Å². The predicted octanol–water partition coefficient (Wildman–Crippen LogP) is 1.18. The zero-order valence-corrected chi connectivity index (χ0v) is 14.7. The van der Waals surface area contributed by atoms with Crippen molar-refractivity contribution < 1.29 is 13.2 Å². The molecule has 3 rings (SSSR count). The number of carbonyl (C=O) groups is 1. The molecule has 8 heteroatoms. The molecule has 0 saturated heterocycles. The van der Waals surface area contributed by atoms with Gasteiger partial charge in [-0.05, 0) is 23.6 Å². The topological polar surface area (TPSA) is 92.5 Å². The van der Waals surface area contributed by atoms with Gasteiger partial charge in [0.1, 0.15) is 0 Å². The SMILES string of the molecule is NC(=O)c1cc(S(=O)(=O)NCCN2CCc3ccccc3C2)cs1. The van der Waals surface area contributed by atoms with Crippen LogP contribution in [0.15, 0.2) is 40.6 Å². The fourth-order valence-electron chi connectivity index (χ4n) is 2.76. The van der Waals surface area contributed by atoms with Crippen LogP contribution in [0.25, 0.3) is 0 Å². The number of hydrogen-bond acceptors (Lipinski definition) is 5. The highest BCUT2D eigenvalue weighted by Gasteiger charge is 2.19. The van der Waals surface area contributed by atoms with Crippen LogP contribution in [0.1, 0.15) is 20.8 Å². The summed E-state index contributed by atoms with van der Waals surface area (Å²) in [5.41, 5.74) is 7.83. The lowest BCUT2D eigenvalue weighted by atomic mass is 10.0. The molecule has 24 heavy (non-hydrogen) atoms. The van der Waals surface area contributed by atoms with Crippen molar-refractivity contribution in [2.75, 3.05) is 19.6 Å². The van der Waals surface area contributed by atoms with Gasteiger partial charge < -0.3 is 5.73 Å². The maximum atomic E-state index is 12.2. The van der Waals surface area contributed by atoms with E-state index in [9.17, 15) is 13.2 Å². The molecular weight excluding hydrogens is 346 g/mol. The summed E-state index contributed by atoms with van der Waals surface area (Å²) in [6, 6.07) is 9.64. The van der Waals surface area contributed by atoms with Gasteiger partial charge in [0, 0.05) is 31.6 Å². The van der Waals surface area contributed by atoms with Crippen LogP contribution in [-0.2, 0) is 23.0 Å². The van der Waals surface area contributed by atoms with Crippen molar-refractivity contribution in [2.24, 2.45) is 5.73 Å². The van der Waals surface area contributed by atoms with Crippen LogP contribution in [0, 0.1) is 0 Å². The van der Waals surface area contributed by atoms with Crippen LogP contribution in [0.5, 0.6) is 0 Å². The van der Waals surface area contributed by atoms with Crippen molar-refractivity contribution in [3.63, 3.8) is 0 Å². The number of nitrogens with one attached hydrogen (secondary N) is 1. The Morgan fingerprint density at radius 3 is 2.75 bits per heavy atom. The predicted molar refractivity (Wildman–Crippen MR) is 93.4 cm³/mol. The second kappa shape index (κ2) is 7.02. The van der Waals surface area contributed by atoms with Crippen LogP contribution in [0.3, 0.4) is 0 Å². The quantitative estimate of drug-likeness (QED) is 0.804. The molecule has 0 aliphatic carbocycles. The largest absolute Gasteiger partial charge is 0.365 e. The Bertz CT molecular complexity index is 846. The van der Waals surface area contributed by atoms with Crippen LogP contribution in [0.2, 0.25) is 0 Å². The second-order valence-corrected chi connectivity index (χ2v) is 8.38. The van der Waals surface area contributed by atoms with E-state index in [0.717, 1.165) is 30.8 Å². The second-order valence-electron chi connectivity index (χ2n) is 5.70. The number of carbonyl (C=O) groups excluding carboxylic acids is 1. The molecule has 1 aromatic carbocycles. The first kappa shape index (κ1) is 17.1. The lowest BCUT2D eigenvalue weighted by Crippen LogP contribution is -2.37. The maximum Gasteiger partial charge on any atom is 0.258 e. The van der Waals surface area contributed by atoms with E-state index in [4.69, 9.17) is 5.73 Å². The Labute approximate surface area is 145 Å². The van der Waals surface area contributed by atoms with E-state index in [2.05, 4.69) is 21.8 Å². The molecule has 0 unspecified atom stereocenters. The zero-order chi connectivity index (χ0) is 17.2. The maximum absolute atomic E-state index is 12.2. The lowest BCUT2D eigenvalue weighted by Gasteiger charge is -2.28. The molecule has 0 radical (unpaired) electrons. The molecule has 6 nitrogen and oxygen atoms in total. The highest BCUT2D eigenvalue weighted by Crippen LogP contribution is 2.19. The summed E-state index contributed by atoms with van der Waals surface area (Å²) >= 11 is 1.03. The third kappa shape index (κ3) is 3.84. The van der Waals surface area contributed by atoms with Crippen molar-refractivity contribution in [1.29, 1.82) is 0 Å². The van der Waals surface area contributed by atoms with Crippen LogP contribution >= 0.6 is 11.3 Å². The molecule has 1 amide bonds. The van der Waals surface area contributed by atoms with Crippen LogP contribution < -0.4 is 10.5 Å². The number of hydrogen-bond donors (Lipinski definition) is 2. The van der Waals surface area contributed by atoms with Gasteiger partial charge in [-0.1, -0.05) is 24.3 Å². The summed E-state index contributed by atoms with van der Waals surface area (Å²) in [6.07, 6.45) is 0.982. The fraction of sp³-hybridized carbons (Fsp3) is 0.312. The third-order valence-corrected chi connectivity index (χ3v) is 6.59. The molecule has 0 atom stereocenters. The van der Waals surface area contributed by atoms with E-state index in [1.807, 2.05) is 12.1 Å². The molecule has 0 fully saturated rings. The van der Waals surface area contributed by atoms with Gasteiger partial charge in [0.2, 0.25) is 10.0 Å². The lowest BCUT2D eigenvalue weighted by molar-refractivity contribution is 0.100. The Morgan fingerprint density at radius 1 is 1.29 bits per heavy atom. The molecule has 0 bridgehead atoms. The molecule has 1 aliphatic rings. The number of sulfonamides is 1. The van der Waals surface area contributed by atoms with Crippen molar-refractivity contribution in [1.82, 2.24) is 9.62 Å². The first-order chi connectivity index (χ1) is 11.5. The van der Waals surface area contributed by atoms with Crippen molar-refractivity contribution >= 4 is 27.3 Å². The summed E-state index contributed by atoms with van der Waals surface area (Å²) in [5.74, 6) is -0.617. The van der Waals surface area contributed by atoms with E-state index >= 15 is 0 Å². The van der Waals surface area contributed by atoms with Gasteiger partial charge in [0.25, 0.3) is 5.91 Å². The zero-order valence-electron chi connectivity index (χ0n) is 13.1. The summed E-state index contributed by atoms with van der Waals surface area (Å²) in [4.78, 5) is 13.6. The molecule has 0 saturated carbocycles. The first-order valence-electron chi connectivity index (χ1n) is 7.63. The first-order valence-corrected chi connectivity index (χ1v) is 9.99. The minimum Gasteiger partial charge on any atom is -0.365 e. The number of thiophene rings is 1. The number of amides is 1. The van der Waals surface area contributed by atoms with Gasteiger partial charge in [-0.2, -0.15) is 0 Å². The smallest absolute Gasteiger partial charge is 0.258 e. The van der Waals surface area contributed by atoms with E-state index < -0.39 is 15.9 Å². The number of rotatable bonds is 6.